The molecule has 96 valence electrons. The average Bonchev–Trinajstić information content (AvgIpc) is 2.39. The summed E-state index contributed by atoms with van der Waals surface area (Å²) < 4.78 is 0. The monoisotopic (exact) mass is 245 g/mol. The molecule has 0 atom stereocenters. The molecule has 2 rings (SSSR count). The van der Waals surface area contributed by atoms with E-state index in [1.54, 1.807) is 0 Å². The molecule has 1 heterocycles. The Morgan fingerprint density at radius 3 is 2.56 bits per heavy atom. The Labute approximate surface area is 108 Å². The van der Waals surface area contributed by atoms with E-state index in [2.05, 4.69) is 29.2 Å². The molecule has 3 heteroatoms. The maximum Gasteiger partial charge on any atom is 0.327 e. The van der Waals surface area contributed by atoms with Crippen LogP contribution in [0, 0.1) is 5.92 Å². The molecule has 0 bridgehead atoms. The maximum atomic E-state index is 10.5. The Hall–Kier alpha value is -1.61. The van der Waals surface area contributed by atoms with Crippen LogP contribution in [0.15, 0.2) is 42.5 Å². The predicted octanol–water partition coefficient (Wildman–Crippen LogP) is 2.54. The molecule has 0 spiro atoms. The van der Waals surface area contributed by atoms with Crippen molar-refractivity contribution in [2.45, 2.75) is 19.4 Å². The highest BCUT2D eigenvalue weighted by Crippen LogP contribution is 2.19. The number of hydrogen-bond donors (Lipinski definition) is 1. The third-order valence-electron chi connectivity index (χ3n) is 3.39. The summed E-state index contributed by atoms with van der Waals surface area (Å²) in [7, 11) is 0. The molecule has 0 aromatic heterocycles. The van der Waals surface area contributed by atoms with Crippen LogP contribution < -0.4 is 0 Å². The summed E-state index contributed by atoms with van der Waals surface area (Å²) >= 11 is 0. The smallest absolute Gasteiger partial charge is 0.327 e. The van der Waals surface area contributed by atoms with Gasteiger partial charge in [0.1, 0.15) is 0 Å². The van der Waals surface area contributed by atoms with Crippen LogP contribution in [0.25, 0.3) is 0 Å². The highest BCUT2D eigenvalue weighted by molar-refractivity contribution is 5.79. The largest absolute Gasteiger partial charge is 0.478 e. The fraction of sp³-hybridized carbons (Fsp3) is 0.400. The van der Waals surface area contributed by atoms with Gasteiger partial charge in [-0.25, -0.2) is 4.79 Å². The number of carbonyl (C=O) groups is 1. The average molecular weight is 245 g/mol. The molecule has 1 aliphatic heterocycles. The standard InChI is InChI=1S/C15H19NO2/c17-15(18)7-6-13-8-10-16(11-9-13)12-14-4-2-1-3-5-14/h1-7,13H,8-12H2,(H,17,18). The Bertz CT molecular complexity index is 406. The number of aliphatic carboxylic acids is 1. The van der Waals surface area contributed by atoms with Gasteiger partial charge in [0, 0.05) is 12.6 Å². The van der Waals surface area contributed by atoms with Gasteiger partial charge in [-0.15, -0.1) is 0 Å². The van der Waals surface area contributed by atoms with E-state index >= 15 is 0 Å². The molecule has 0 amide bonds. The summed E-state index contributed by atoms with van der Waals surface area (Å²) in [5.41, 5.74) is 1.34. The summed E-state index contributed by atoms with van der Waals surface area (Å²) in [5, 5.41) is 8.59. The molecule has 1 aromatic carbocycles. The molecule has 3 nitrogen and oxygen atoms in total. The van der Waals surface area contributed by atoms with Crippen LogP contribution in [0.1, 0.15) is 18.4 Å². The van der Waals surface area contributed by atoms with E-state index < -0.39 is 5.97 Å². The lowest BCUT2D eigenvalue weighted by Gasteiger charge is -2.30. The number of piperidine rings is 1. The second kappa shape index (κ2) is 6.36. The molecule has 1 fully saturated rings. The molecule has 18 heavy (non-hydrogen) atoms. The molecule has 1 N–H and O–H groups in total. The van der Waals surface area contributed by atoms with E-state index in [0.29, 0.717) is 5.92 Å². The van der Waals surface area contributed by atoms with Crippen molar-refractivity contribution in [1.82, 2.24) is 4.90 Å². The van der Waals surface area contributed by atoms with Crippen LogP contribution in [0.2, 0.25) is 0 Å². The van der Waals surface area contributed by atoms with Crippen molar-refractivity contribution < 1.29 is 9.90 Å². The quantitative estimate of drug-likeness (QED) is 0.829. The Balaban J connectivity index is 1.78. The van der Waals surface area contributed by atoms with E-state index in [9.17, 15) is 4.79 Å². The highest BCUT2D eigenvalue weighted by Gasteiger charge is 2.17. The van der Waals surface area contributed by atoms with Gasteiger partial charge in [0.15, 0.2) is 0 Å². The summed E-state index contributed by atoms with van der Waals surface area (Å²) in [6, 6.07) is 10.5. The lowest BCUT2D eigenvalue weighted by Crippen LogP contribution is -2.32. The number of hydrogen-bond acceptors (Lipinski definition) is 2. The van der Waals surface area contributed by atoms with Crippen LogP contribution in [0.3, 0.4) is 0 Å². The summed E-state index contributed by atoms with van der Waals surface area (Å²) in [6.45, 7) is 3.09. The van der Waals surface area contributed by atoms with E-state index in [4.69, 9.17) is 5.11 Å². The Kier molecular flexibility index (Phi) is 4.53. The number of nitrogens with zero attached hydrogens (tertiary/aromatic N) is 1. The Morgan fingerprint density at radius 2 is 1.94 bits per heavy atom. The minimum Gasteiger partial charge on any atom is -0.478 e. The topological polar surface area (TPSA) is 40.5 Å². The molecular formula is C15H19NO2. The van der Waals surface area contributed by atoms with Crippen LogP contribution in [0.5, 0.6) is 0 Å². The maximum absolute atomic E-state index is 10.5. The number of carboxylic acids is 1. The normalized spacial score (nSPS) is 18.2. The van der Waals surface area contributed by atoms with Gasteiger partial charge in [0.05, 0.1) is 0 Å². The Morgan fingerprint density at radius 1 is 1.28 bits per heavy atom. The van der Waals surface area contributed by atoms with Crippen molar-refractivity contribution in [2.75, 3.05) is 13.1 Å². The number of allylic oxidation sites excluding steroid dienone is 1. The SMILES string of the molecule is O=C(O)C=CC1CCN(Cc2ccccc2)CC1. The second-order valence-electron chi connectivity index (χ2n) is 4.80. The van der Waals surface area contributed by atoms with Crippen LogP contribution in [-0.4, -0.2) is 29.1 Å². The lowest BCUT2D eigenvalue weighted by atomic mass is 9.96. The van der Waals surface area contributed by atoms with Crippen molar-refractivity contribution in [3.8, 4) is 0 Å². The first-order valence-corrected chi connectivity index (χ1v) is 6.41. The summed E-state index contributed by atoms with van der Waals surface area (Å²) in [5.74, 6) is -0.421. The molecule has 1 aliphatic rings. The van der Waals surface area contributed by atoms with Gasteiger partial charge in [-0.2, -0.15) is 0 Å². The highest BCUT2D eigenvalue weighted by atomic mass is 16.4. The van der Waals surface area contributed by atoms with E-state index in [0.717, 1.165) is 32.5 Å². The molecule has 0 aliphatic carbocycles. The zero-order valence-corrected chi connectivity index (χ0v) is 10.5. The van der Waals surface area contributed by atoms with E-state index in [-0.39, 0.29) is 0 Å². The van der Waals surface area contributed by atoms with Gasteiger partial charge in [-0.1, -0.05) is 36.4 Å². The minimum absolute atomic E-state index is 0.424. The van der Waals surface area contributed by atoms with Gasteiger partial charge in [0.25, 0.3) is 0 Å². The van der Waals surface area contributed by atoms with Crippen LogP contribution in [-0.2, 0) is 11.3 Å². The second-order valence-corrected chi connectivity index (χ2v) is 4.80. The predicted molar refractivity (Wildman–Crippen MR) is 71.2 cm³/mol. The first-order valence-electron chi connectivity index (χ1n) is 6.41. The molecule has 0 saturated carbocycles. The van der Waals surface area contributed by atoms with Crippen molar-refractivity contribution in [3.05, 3.63) is 48.0 Å². The summed E-state index contributed by atoms with van der Waals surface area (Å²) in [4.78, 5) is 12.9. The molecule has 1 aromatic rings. The van der Waals surface area contributed by atoms with Gasteiger partial charge >= 0.3 is 5.97 Å². The summed E-state index contributed by atoms with van der Waals surface area (Å²) in [6.07, 6.45) is 5.22. The number of benzene rings is 1. The van der Waals surface area contributed by atoms with Gasteiger partial charge < -0.3 is 5.11 Å². The first kappa shape index (κ1) is 12.8. The molecular weight excluding hydrogens is 226 g/mol. The fourth-order valence-electron chi connectivity index (χ4n) is 2.36. The van der Waals surface area contributed by atoms with E-state index in [1.807, 2.05) is 12.1 Å². The third-order valence-corrected chi connectivity index (χ3v) is 3.39. The van der Waals surface area contributed by atoms with Gasteiger partial charge in [-0.05, 0) is 37.4 Å². The third kappa shape index (κ3) is 4.00. The number of likely N-dealkylation sites (tertiary alicyclic amines) is 1. The molecule has 0 radical (unpaired) electrons. The van der Waals surface area contributed by atoms with E-state index in [1.165, 1.54) is 11.6 Å². The van der Waals surface area contributed by atoms with Gasteiger partial charge in [-0.3, -0.25) is 4.90 Å². The zero-order chi connectivity index (χ0) is 12.8. The van der Waals surface area contributed by atoms with Gasteiger partial charge in [0.2, 0.25) is 0 Å². The first-order chi connectivity index (χ1) is 8.74. The fourth-order valence-corrected chi connectivity index (χ4v) is 2.36. The number of carboxylic acid groups (broad SMARTS) is 1. The lowest BCUT2D eigenvalue weighted by molar-refractivity contribution is -0.131. The van der Waals surface area contributed by atoms with Crippen molar-refractivity contribution >= 4 is 5.97 Å². The minimum atomic E-state index is -0.846. The number of rotatable bonds is 4. The molecule has 0 unspecified atom stereocenters. The zero-order valence-electron chi connectivity index (χ0n) is 10.5. The van der Waals surface area contributed by atoms with Crippen molar-refractivity contribution in [3.63, 3.8) is 0 Å². The van der Waals surface area contributed by atoms with Crippen LogP contribution >= 0.6 is 0 Å². The molecule has 1 saturated heterocycles. The van der Waals surface area contributed by atoms with Crippen LogP contribution in [0.4, 0.5) is 0 Å². The van der Waals surface area contributed by atoms with Crippen molar-refractivity contribution in [1.29, 1.82) is 0 Å². The van der Waals surface area contributed by atoms with Crippen molar-refractivity contribution in [2.24, 2.45) is 5.92 Å².